The zero-order chi connectivity index (χ0) is 26.5. The van der Waals surface area contributed by atoms with E-state index in [0.29, 0.717) is 24.2 Å². The Morgan fingerprint density at radius 3 is 2.22 bits per heavy atom. The van der Waals surface area contributed by atoms with Crippen molar-refractivity contribution in [1.29, 1.82) is 0 Å². The highest BCUT2D eigenvalue weighted by Gasteiger charge is 2.76. The molecule has 4 aliphatic carbocycles. The normalized spacial score (nSPS) is 47.4. The zero-order valence-corrected chi connectivity index (χ0v) is 21.3. The molecule has 2 nitrogen and oxygen atoms in total. The molecule has 0 aromatic carbocycles. The summed E-state index contributed by atoms with van der Waals surface area (Å²) in [4.78, 5) is 0. The minimum atomic E-state index is -5.97. The summed E-state index contributed by atoms with van der Waals surface area (Å²) in [5.41, 5.74) is -5.31. The lowest BCUT2D eigenvalue weighted by molar-refractivity contribution is -0.343. The van der Waals surface area contributed by atoms with Gasteiger partial charge < -0.3 is 9.84 Å². The maximum Gasteiger partial charge on any atom is 0.431 e. The van der Waals surface area contributed by atoms with Crippen LogP contribution in [0.2, 0.25) is 0 Å². The Morgan fingerprint density at radius 1 is 0.917 bits per heavy atom. The molecule has 1 saturated heterocycles. The lowest BCUT2D eigenvalue weighted by atomic mass is 9.44. The molecule has 36 heavy (non-hydrogen) atoms. The second-order valence-corrected chi connectivity index (χ2v) is 13.3. The van der Waals surface area contributed by atoms with Crippen LogP contribution < -0.4 is 0 Å². The number of hydrogen-bond donors (Lipinski definition) is 1. The number of aliphatic hydroxyl groups is 1. The fourth-order valence-corrected chi connectivity index (χ4v) is 9.95. The van der Waals surface area contributed by atoms with Crippen LogP contribution >= 0.6 is 0 Å². The zero-order valence-electron chi connectivity index (χ0n) is 21.3. The molecule has 1 heterocycles. The molecule has 5 rings (SSSR count). The third kappa shape index (κ3) is 3.63. The van der Waals surface area contributed by atoms with Crippen molar-refractivity contribution in [1.82, 2.24) is 0 Å². The van der Waals surface area contributed by atoms with Gasteiger partial charge in [-0.2, -0.15) is 26.3 Å². The van der Waals surface area contributed by atoms with Crippen LogP contribution in [0.5, 0.6) is 0 Å². The van der Waals surface area contributed by atoms with Gasteiger partial charge in [-0.25, -0.2) is 4.39 Å². The van der Waals surface area contributed by atoms with E-state index in [1.54, 1.807) is 0 Å². The number of alkyl halides is 7. The van der Waals surface area contributed by atoms with E-state index in [-0.39, 0.29) is 46.9 Å². The molecule has 1 N–H and O–H groups in total. The van der Waals surface area contributed by atoms with Crippen LogP contribution in [0, 0.1) is 40.4 Å². The Kier molecular flexibility index (Phi) is 6.17. The van der Waals surface area contributed by atoms with Crippen molar-refractivity contribution in [2.45, 2.75) is 127 Å². The van der Waals surface area contributed by atoms with Crippen LogP contribution in [0.15, 0.2) is 0 Å². The van der Waals surface area contributed by atoms with Crippen molar-refractivity contribution < 1.29 is 40.6 Å². The predicted octanol–water partition coefficient (Wildman–Crippen LogP) is 7.78. The van der Waals surface area contributed by atoms with E-state index in [9.17, 15) is 35.8 Å². The number of aliphatic hydroxyl groups excluding tert-OH is 1. The van der Waals surface area contributed by atoms with Crippen molar-refractivity contribution in [3.05, 3.63) is 0 Å². The maximum atomic E-state index is 14.1. The number of fused-ring (bicyclic) bond motifs is 4. The van der Waals surface area contributed by atoms with Gasteiger partial charge in [-0.3, -0.25) is 0 Å². The highest BCUT2D eigenvalue weighted by molar-refractivity contribution is 5.24. The lowest BCUT2D eigenvalue weighted by Crippen LogP contribution is -2.58. The number of hydrogen-bond acceptors (Lipinski definition) is 2. The Labute approximate surface area is 208 Å². The van der Waals surface area contributed by atoms with Crippen molar-refractivity contribution in [3.63, 3.8) is 0 Å². The highest BCUT2D eigenvalue weighted by Crippen LogP contribution is 2.74. The Hall–Kier alpha value is -0.570. The van der Waals surface area contributed by atoms with E-state index in [2.05, 4.69) is 13.8 Å². The smallest absolute Gasteiger partial charge is 0.393 e. The van der Waals surface area contributed by atoms with E-state index in [1.165, 1.54) is 0 Å². The number of halogens is 7. The quantitative estimate of drug-likeness (QED) is 0.292. The number of rotatable bonds is 5. The van der Waals surface area contributed by atoms with Gasteiger partial charge in [0.1, 0.15) is 5.60 Å². The largest absolute Gasteiger partial charge is 0.431 e. The summed E-state index contributed by atoms with van der Waals surface area (Å²) in [5, 5.41) is 10.3. The van der Waals surface area contributed by atoms with Crippen molar-refractivity contribution >= 4 is 0 Å². The minimum absolute atomic E-state index is 0.0130. The first kappa shape index (κ1) is 27.0. The molecule has 1 unspecified atom stereocenters. The molecule has 0 aromatic rings. The Balaban J connectivity index is 1.26. The molecule has 0 radical (unpaired) electrons. The van der Waals surface area contributed by atoms with Gasteiger partial charge in [-0.15, -0.1) is 0 Å². The molecule has 0 aromatic heterocycles. The van der Waals surface area contributed by atoms with Gasteiger partial charge in [0.2, 0.25) is 0 Å². The van der Waals surface area contributed by atoms with E-state index < -0.39 is 30.9 Å². The monoisotopic (exact) mass is 528 g/mol. The molecular formula is C27H39F7O2. The topological polar surface area (TPSA) is 32.8 Å². The van der Waals surface area contributed by atoms with Crippen molar-refractivity contribution in [2.24, 2.45) is 40.4 Å². The van der Waals surface area contributed by atoms with E-state index in [0.717, 1.165) is 44.9 Å². The molecule has 5 aliphatic rings. The first-order valence-corrected chi connectivity index (χ1v) is 13.7. The molecule has 1 aliphatic heterocycles. The maximum absolute atomic E-state index is 14.1. The molecule has 10 atom stereocenters. The molecule has 0 amide bonds. The van der Waals surface area contributed by atoms with E-state index in [1.807, 2.05) is 6.92 Å². The average Bonchev–Trinajstić information content (AvgIpc) is 3.33. The molecule has 208 valence electrons. The van der Waals surface area contributed by atoms with Crippen LogP contribution in [-0.4, -0.2) is 40.9 Å². The second kappa shape index (κ2) is 8.22. The second-order valence-electron chi connectivity index (χ2n) is 13.3. The molecule has 9 heteroatoms. The van der Waals surface area contributed by atoms with Crippen LogP contribution in [0.3, 0.4) is 0 Å². The van der Waals surface area contributed by atoms with Gasteiger partial charge in [0.25, 0.3) is 5.67 Å². The minimum Gasteiger partial charge on any atom is -0.393 e. The third-order valence-electron chi connectivity index (χ3n) is 11.9. The summed E-state index contributed by atoms with van der Waals surface area (Å²) < 4.78 is 98.2. The van der Waals surface area contributed by atoms with Crippen LogP contribution in [-0.2, 0) is 4.74 Å². The standard InChI is InChI=1S/C27H39F7O2/c1-15(5-4-10-25(28,26(29,30)31)27(32,33)34)18-6-7-19-17-13-21-24(36-21)14-16(35)8-12-23(24,3)20(17)9-11-22(18,19)2/h15-21,35H,4-14H2,1-3H3/t15-,16?,17+,18-,19+,20-,21+,22-,23-,24+/m1/s1. The van der Waals surface area contributed by atoms with Gasteiger partial charge in [-0.1, -0.05) is 27.2 Å². The van der Waals surface area contributed by atoms with Gasteiger partial charge in [0.05, 0.1) is 12.2 Å². The lowest BCUT2D eigenvalue weighted by Gasteiger charge is -2.59. The summed E-state index contributed by atoms with van der Waals surface area (Å²) in [7, 11) is 0. The van der Waals surface area contributed by atoms with Gasteiger partial charge >= 0.3 is 12.4 Å². The van der Waals surface area contributed by atoms with Crippen LogP contribution in [0.25, 0.3) is 0 Å². The van der Waals surface area contributed by atoms with Gasteiger partial charge in [0, 0.05) is 11.8 Å². The third-order valence-corrected chi connectivity index (χ3v) is 11.9. The fraction of sp³-hybridized carbons (Fsp3) is 1.00. The predicted molar refractivity (Wildman–Crippen MR) is 120 cm³/mol. The SMILES string of the molecule is C[C@H](CCCC(F)(C(F)(F)F)C(F)(F)F)[C@H]1CC[C@H]2[C@@H]3C[C@@H]4O[C@@]45CC(O)CC[C@]5(C)[C@@H]3CC[C@]12C. The van der Waals surface area contributed by atoms with Crippen molar-refractivity contribution in [2.75, 3.05) is 0 Å². The summed E-state index contributed by atoms with van der Waals surface area (Å²) in [6.07, 6.45) is -6.51. The first-order valence-electron chi connectivity index (χ1n) is 13.7. The summed E-state index contributed by atoms with van der Waals surface area (Å²) in [6, 6.07) is 0. The van der Waals surface area contributed by atoms with Gasteiger partial charge in [-0.05, 0) is 92.8 Å². The summed E-state index contributed by atoms with van der Waals surface area (Å²) in [5.74, 6) is 1.61. The summed E-state index contributed by atoms with van der Waals surface area (Å²) in [6.45, 7) is 6.54. The van der Waals surface area contributed by atoms with Crippen LogP contribution in [0.1, 0.15) is 91.4 Å². The van der Waals surface area contributed by atoms with Crippen LogP contribution in [0.4, 0.5) is 30.7 Å². The first-order chi connectivity index (χ1) is 16.5. The molecular weight excluding hydrogens is 489 g/mol. The number of epoxide rings is 1. The Bertz CT molecular complexity index is 844. The molecule has 0 bridgehead atoms. The average molecular weight is 529 g/mol. The van der Waals surface area contributed by atoms with E-state index in [4.69, 9.17) is 4.74 Å². The molecule has 4 saturated carbocycles. The molecule has 1 spiro atoms. The fourth-order valence-electron chi connectivity index (χ4n) is 9.95. The highest BCUT2D eigenvalue weighted by atomic mass is 19.4. The molecule has 5 fully saturated rings. The Morgan fingerprint density at radius 2 is 1.58 bits per heavy atom. The van der Waals surface area contributed by atoms with Crippen molar-refractivity contribution in [3.8, 4) is 0 Å². The van der Waals surface area contributed by atoms with E-state index >= 15 is 0 Å². The summed E-state index contributed by atoms with van der Waals surface area (Å²) >= 11 is 0. The number of ether oxygens (including phenoxy) is 1. The van der Waals surface area contributed by atoms with Gasteiger partial charge in [0.15, 0.2) is 0 Å².